The summed E-state index contributed by atoms with van der Waals surface area (Å²) in [5, 5.41) is 3.87. The minimum absolute atomic E-state index is 0.256. The Morgan fingerprint density at radius 3 is 2.95 bits per heavy atom. The third kappa shape index (κ3) is 1.80. The highest BCUT2D eigenvalue weighted by Gasteiger charge is 2.25. The fraction of sp³-hybridized carbons (Fsp3) is 0.133. The van der Waals surface area contributed by atoms with Gasteiger partial charge in [-0.05, 0) is 24.3 Å². The van der Waals surface area contributed by atoms with E-state index in [1.807, 2.05) is 36.4 Å². The third-order valence-electron chi connectivity index (χ3n) is 3.29. The summed E-state index contributed by atoms with van der Waals surface area (Å²) in [6.07, 6.45) is -0.256. The van der Waals surface area contributed by atoms with Crippen molar-refractivity contribution in [1.29, 1.82) is 0 Å². The molecular formula is C15H11ClN2O2. The average Bonchev–Trinajstić information content (AvgIpc) is 2.92. The van der Waals surface area contributed by atoms with Crippen LogP contribution in [0.15, 0.2) is 46.9 Å². The Morgan fingerprint density at radius 1 is 1.15 bits per heavy atom. The highest BCUT2D eigenvalue weighted by atomic mass is 35.5. The number of fused-ring (bicyclic) bond motifs is 2. The Kier molecular flexibility index (Phi) is 2.57. The summed E-state index contributed by atoms with van der Waals surface area (Å²) in [6, 6.07) is 13.3. The van der Waals surface area contributed by atoms with Gasteiger partial charge >= 0.3 is 0 Å². The van der Waals surface area contributed by atoms with Gasteiger partial charge in [0.15, 0.2) is 11.7 Å². The molecular weight excluding hydrogens is 276 g/mol. The Morgan fingerprint density at radius 2 is 2.05 bits per heavy atom. The highest BCUT2D eigenvalue weighted by molar-refractivity contribution is 6.34. The second-order valence-electron chi connectivity index (χ2n) is 4.62. The molecule has 0 saturated heterocycles. The lowest BCUT2D eigenvalue weighted by Gasteiger charge is -2.25. The van der Waals surface area contributed by atoms with Crippen molar-refractivity contribution in [3.05, 3.63) is 53.4 Å². The Labute approximate surface area is 120 Å². The second kappa shape index (κ2) is 4.42. The van der Waals surface area contributed by atoms with Crippen LogP contribution in [0, 0.1) is 0 Å². The fourth-order valence-corrected chi connectivity index (χ4v) is 2.53. The van der Waals surface area contributed by atoms with Gasteiger partial charge in [0.1, 0.15) is 11.3 Å². The number of ether oxygens (including phenoxy) is 1. The number of nitrogens with zero attached hydrogens (tertiary/aromatic N) is 1. The highest BCUT2D eigenvalue weighted by Crippen LogP contribution is 2.35. The van der Waals surface area contributed by atoms with Gasteiger partial charge in [-0.25, -0.2) is 4.98 Å². The molecule has 1 N–H and O–H groups in total. The summed E-state index contributed by atoms with van der Waals surface area (Å²) < 4.78 is 11.7. The molecule has 4 nitrogen and oxygen atoms in total. The van der Waals surface area contributed by atoms with E-state index in [4.69, 9.17) is 20.8 Å². The number of anilines is 1. The normalized spacial score (nSPS) is 17.4. The Bertz CT molecular complexity index is 784. The molecule has 0 saturated carbocycles. The van der Waals surface area contributed by atoms with Crippen molar-refractivity contribution in [2.75, 3.05) is 11.9 Å². The summed E-state index contributed by atoms with van der Waals surface area (Å²) >= 11 is 6.10. The number of para-hydroxylation sites is 3. The first-order valence-electron chi connectivity index (χ1n) is 6.36. The number of oxazole rings is 1. The van der Waals surface area contributed by atoms with Gasteiger partial charge < -0.3 is 14.5 Å². The van der Waals surface area contributed by atoms with Gasteiger partial charge in [0.25, 0.3) is 0 Å². The maximum atomic E-state index is 6.10. The van der Waals surface area contributed by atoms with Crippen LogP contribution in [0.4, 0.5) is 5.69 Å². The molecule has 1 aromatic heterocycles. The zero-order valence-corrected chi connectivity index (χ0v) is 11.2. The molecule has 0 aliphatic carbocycles. The summed E-state index contributed by atoms with van der Waals surface area (Å²) in [5.41, 5.74) is 2.33. The van der Waals surface area contributed by atoms with Crippen LogP contribution in [-0.2, 0) is 0 Å². The monoisotopic (exact) mass is 286 g/mol. The van der Waals surface area contributed by atoms with Crippen molar-refractivity contribution in [3.8, 4) is 5.75 Å². The lowest BCUT2D eigenvalue weighted by molar-refractivity contribution is 0.177. The van der Waals surface area contributed by atoms with Crippen LogP contribution in [0.5, 0.6) is 5.75 Å². The molecule has 100 valence electrons. The average molecular weight is 287 g/mol. The van der Waals surface area contributed by atoms with Gasteiger partial charge in [-0.2, -0.15) is 0 Å². The van der Waals surface area contributed by atoms with Crippen LogP contribution in [0.1, 0.15) is 12.0 Å². The number of hydrogen-bond donors (Lipinski definition) is 1. The van der Waals surface area contributed by atoms with Gasteiger partial charge in [-0.15, -0.1) is 0 Å². The van der Waals surface area contributed by atoms with Crippen LogP contribution >= 0.6 is 11.6 Å². The van der Waals surface area contributed by atoms with Gasteiger partial charge in [0.2, 0.25) is 5.89 Å². The molecule has 1 atom stereocenters. The smallest absolute Gasteiger partial charge is 0.238 e. The molecule has 0 radical (unpaired) electrons. The lowest BCUT2D eigenvalue weighted by Crippen LogP contribution is -2.23. The standard InChI is InChI=1S/C15H11ClN2O2/c16-9-4-3-6-11-14(9)20-15(18-11)13-8-17-10-5-1-2-7-12(10)19-13/h1-7,13,17H,8H2. The van der Waals surface area contributed by atoms with Crippen molar-refractivity contribution in [2.45, 2.75) is 6.10 Å². The summed E-state index contributed by atoms with van der Waals surface area (Å²) in [6.45, 7) is 0.613. The van der Waals surface area contributed by atoms with Gasteiger partial charge in [0.05, 0.1) is 17.3 Å². The van der Waals surface area contributed by atoms with Crippen LogP contribution in [0.25, 0.3) is 11.1 Å². The molecule has 1 aliphatic heterocycles. The first-order chi connectivity index (χ1) is 9.81. The molecule has 2 heterocycles. The minimum atomic E-state index is -0.256. The third-order valence-corrected chi connectivity index (χ3v) is 3.59. The zero-order valence-electron chi connectivity index (χ0n) is 10.5. The zero-order chi connectivity index (χ0) is 13.5. The van der Waals surface area contributed by atoms with Gasteiger partial charge in [0, 0.05) is 0 Å². The SMILES string of the molecule is Clc1cccc2nc(C3CNc4ccccc4O3)oc12. The molecule has 0 amide bonds. The number of benzene rings is 2. The van der Waals surface area contributed by atoms with E-state index in [0.29, 0.717) is 23.0 Å². The van der Waals surface area contributed by atoms with E-state index < -0.39 is 0 Å². The Hall–Kier alpha value is -2.20. The first-order valence-corrected chi connectivity index (χ1v) is 6.73. The number of aromatic nitrogens is 1. The van der Waals surface area contributed by atoms with Crippen molar-refractivity contribution in [1.82, 2.24) is 4.98 Å². The van der Waals surface area contributed by atoms with Crippen LogP contribution in [0.3, 0.4) is 0 Å². The first kappa shape index (κ1) is 11.6. The summed E-state index contributed by atoms with van der Waals surface area (Å²) in [7, 11) is 0. The van der Waals surface area contributed by atoms with E-state index in [1.165, 1.54) is 0 Å². The Balaban J connectivity index is 1.72. The molecule has 0 spiro atoms. The van der Waals surface area contributed by atoms with E-state index in [0.717, 1.165) is 17.0 Å². The van der Waals surface area contributed by atoms with Crippen molar-refractivity contribution in [3.63, 3.8) is 0 Å². The fourth-order valence-electron chi connectivity index (χ4n) is 2.32. The van der Waals surface area contributed by atoms with Crippen LogP contribution in [0.2, 0.25) is 5.02 Å². The number of halogens is 1. The molecule has 5 heteroatoms. The molecule has 3 aromatic rings. The second-order valence-corrected chi connectivity index (χ2v) is 5.03. The van der Waals surface area contributed by atoms with E-state index in [9.17, 15) is 0 Å². The van der Waals surface area contributed by atoms with E-state index in [1.54, 1.807) is 6.07 Å². The molecule has 0 bridgehead atoms. The summed E-state index contributed by atoms with van der Waals surface area (Å²) in [5.74, 6) is 1.34. The molecule has 1 aliphatic rings. The van der Waals surface area contributed by atoms with Crippen molar-refractivity contribution in [2.24, 2.45) is 0 Å². The van der Waals surface area contributed by atoms with Crippen molar-refractivity contribution < 1.29 is 9.15 Å². The lowest BCUT2D eigenvalue weighted by atomic mass is 10.2. The van der Waals surface area contributed by atoms with E-state index >= 15 is 0 Å². The molecule has 0 fully saturated rings. The molecule has 2 aromatic carbocycles. The number of hydrogen-bond acceptors (Lipinski definition) is 4. The van der Waals surface area contributed by atoms with Gasteiger partial charge in [-0.3, -0.25) is 0 Å². The molecule has 20 heavy (non-hydrogen) atoms. The predicted molar refractivity (Wildman–Crippen MR) is 77.3 cm³/mol. The molecule has 4 rings (SSSR count). The van der Waals surface area contributed by atoms with E-state index in [2.05, 4.69) is 10.3 Å². The van der Waals surface area contributed by atoms with Gasteiger partial charge in [-0.1, -0.05) is 29.8 Å². The van der Waals surface area contributed by atoms with E-state index in [-0.39, 0.29) is 6.10 Å². The topological polar surface area (TPSA) is 47.3 Å². The largest absolute Gasteiger partial charge is 0.477 e. The van der Waals surface area contributed by atoms with Crippen molar-refractivity contribution >= 4 is 28.4 Å². The number of rotatable bonds is 1. The van der Waals surface area contributed by atoms with Crippen LogP contribution in [-0.4, -0.2) is 11.5 Å². The number of nitrogens with one attached hydrogen (secondary N) is 1. The van der Waals surface area contributed by atoms with Crippen LogP contribution < -0.4 is 10.1 Å². The molecule has 1 unspecified atom stereocenters. The maximum absolute atomic E-state index is 6.10. The minimum Gasteiger partial charge on any atom is -0.477 e. The maximum Gasteiger partial charge on any atom is 0.238 e. The predicted octanol–water partition coefficient (Wildman–Crippen LogP) is 4.03. The quantitative estimate of drug-likeness (QED) is 0.734. The summed E-state index contributed by atoms with van der Waals surface area (Å²) in [4.78, 5) is 4.45.